The number of nitrogens with one attached hydrogen (secondary N) is 3. The number of aliphatic hydroxyl groups is 1. The van der Waals surface area contributed by atoms with Crippen molar-refractivity contribution in [3.63, 3.8) is 0 Å². The highest BCUT2D eigenvalue weighted by atomic mass is 35.5. The van der Waals surface area contributed by atoms with Gasteiger partial charge in [-0.05, 0) is 80.0 Å². The van der Waals surface area contributed by atoms with E-state index in [-0.39, 0.29) is 72.2 Å². The number of pyridine rings is 1. The molecule has 3 aliphatic heterocycles. The number of benzene rings is 2. The molecule has 18 heteroatoms. The molecule has 4 aliphatic rings. The Labute approximate surface area is 445 Å². The lowest BCUT2D eigenvalue weighted by molar-refractivity contribution is -0.164. The van der Waals surface area contributed by atoms with E-state index in [0.717, 1.165) is 86.2 Å². The molecular formula is C56H73ClN10O6S. The smallest absolute Gasteiger partial charge is 0.253 e. The maximum atomic E-state index is 14.3. The predicted molar refractivity (Wildman–Crippen MR) is 288 cm³/mol. The van der Waals surface area contributed by atoms with Crippen LogP contribution in [0, 0.1) is 40.4 Å². The van der Waals surface area contributed by atoms with E-state index in [2.05, 4.69) is 69.4 Å². The number of hydrogen-bond acceptors (Lipinski definition) is 13. The topological polar surface area (TPSA) is 196 Å². The molecule has 5 heterocycles. The third-order valence-corrected chi connectivity index (χ3v) is 17.1. The van der Waals surface area contributed by atoms with E-state index < -0.39 is 23.6 Å². The van der Waals surface area contributed by atoms with Crippen molar-refractivity contribution in [2.24, 2.45) is 22.2 Å². The average Bonchev–Trinajstić information content (AvgIpc) is 4.13. The van der Waals surface area contributed by atoms with E-state index in [1.54, 1.807) is 35.7 Å². The Balaban J connectivity index is 0.756. The zero-order chi connectivity index (χ0) is 53.3. The lowest BCUT2D eigenvalue weighted by Gasteiger charge is -2.63. The number of carbonyl (C=O) groups excluding carboxylic acids is 4. The van der Waals surface area contributed by atoms with Gasteiger partial charge in [-0.15, -0.1) is 11.3 Å². The number of likely N-dealkylation sites (tertiary alicyclic amines) is 1. The molecule has 2 unspecified atom stereocenters. The Kier molecular flexibility index (Phi) is 16.5. The van der Waals surface area contributed by atoms with Crippen molar-refractivity contribution < 1.29 is 29.0 Å². The number of ether oxygens (including phenoxy) is 1. The molecule has 1 saturated carbocycles. The number of halogens is 1. The Morgan fingerprint density at radius 1 is 0.946 bits per heavy atom. The van der Waals surface area contributed by atoms with Gasteiger partial charge in [-0.2, -0.15) is 5.26 Å². The molecule has 74 heavy (non-hydrogen) atoms. The molecule has 0 bridgehead atoms. The Morgan fingerprint density at radius 3 is 2.27 bits per heavy atom. The Bertz CT molecular complexity index is 2700. The van der Waals surface area contributed by atoms with Crippen LogP contribution in [0.2, 0.25) is 5.02 Å². The van der Waals surface area contributed by atoms with Crippen molar-refractivity contribution in [3.8, 4) is 22.3 Å². The maximum absolute atomic E-state index is 14.3. The fraction of sp³-hybridized carbons (Fsp3) is 0.554. The number of amides is 4. The number of rotatable bonds is 16. The van der Waals surface area contributed by atoms with Crippen LogP contribution in [-0.2, 0) is 14.4 Å². The highest BCUT2D eigenvalue weighted by molar-refractivity contribution is 7.13. The molecule has 4 N–H and O–H groups in total. The first-order chi connectivity index (χ1) is 35.0. The van der Waals surface area contributed by atoms with E-state index in [1.807, 2.05) is 76.5 Å². The molecular weight excluding hydrogens is 976 g/mol. The second-order valence-electron chi connectivity index (χ2n) is 23.1. The minimum Gasteiger partial charge on any atom is -0.489 e. The highest BCUT2D eigenvalue weighted by Gasteiger charge is 2.64. The fourth-order valence-electron chi connectivity index (χ4n) is 11.8. The van der Waals surface area contributed by atoms with Crippen molar-refractivity contribution in [1.82, 2.24) is 40.6 Å². The molecule has 5 atom stereocenters. The molecule has 2 aromatic heterocycles. The summed E-state index contributed by atoms with van der Waals surface area (Å²) in [6, 6.07) is 16.7. The second kappa shape index (κ2) is 22.3. The van der Waals surface area contributed by atoms with Crippen LogP contribution in [0.3, 0.4) is 0 Å². The van der Waals surface area contributed by atoms with Crippen LogP contribution in [0.15, 0.2) is 66.3 Å². The minimum absolute atomic E-state index is 0.0138. The quantitative estimate of drug-likeness (QED) is 0.0913. The summed E-state index contributed by atoms with van der Waals surface area (Å²) in [7, 11) is 0. The number of thiazole rings is 1. The van der Waals surface area contributed by atoms with Gasteiger partial charge in [0.2, 0.25) is 17.7 Å². The van der Waals surface area contributed by atoms with Crippen LogP contribution in [0.5, 0.6) is 5.75 Å². The van der Waals surface area contributed by atoms with Crippen LogP contribution in [0.4, 0.5) is 5.82 Å². The number of aromatic nitrogens is 2. The third-order valence-electron chi connectivity index (χ3n) is 15.8. The molecule has 2 aromatic carbocycles. The Morgan fingerprint density at radius 2 is 1.65 bits per heavy atom. The van der Waals surface area contributed by atoms with Crippen molar-refractivity contribution in [1.29, 1.82) is 5.26 Å². The van der Waals surface area contributed by atoms with Crippen LogP contribution >= 0.6 is 22.9 Å². The normalized spacial score (nSPS) is 23.6. The molecule has 8 rings (SSSR count). The first-order valence-electron chi connectivity index (χ1n) is 25.9. The summed E-state index contributed by atoms with van der Waals surface area (Å²) in [4.78, 5) is 73.7. The lowest BCUT2D eigenvalue weighted by Crippen LogP contribution is -2.74. The van der Waals surface area contributed by atoms with Crippen molar-refractivity contribution in [2.45, 2.75) is 118 Å². The molecule has 396 valence electrons. The van der Waals surface area contributed by atoms with Gasteiger partial charge in [0.1, 0.15) is 35.8 Å². The van der Waals surface area contributed by atoms with Gasteiger partial charge < -0.3 is 40.5 Å². The van der Waals surface area contributed by atoms with Gasteiger partial charge in [-0.3, -0.25) is 24.1 Å². The predicted octanol–water partition coefficient (Wildman–Crippen LogP) is 6.85. The molecule has 4 amide bonds. The van der Waals surface area contributed by atoms with Crippen LogP contribution in [-0.4, -0.2) is 143 Å². The first-order valence-corrected chi connectivity index (χ1v) is 27.2. The number of aliphatic hydroxyl groups excluding tert-OH is 1. The van der Waals surface area contributed by atoms with E-state index in [4.69, 9.17) is 21.3 Å². The largest absolute Gasteiger partial charge is 0.489 e. The average molecular weight is 1050 g/mol. The van der Waals surface area contributed by atoms with E-state index in [1.165, 1.54) is 4.90 Å². The van der Waals surface area contributed by atoms with Crippen LogP contribution < -0.4 is 25.6 Å². The molecule has 0 radical (unpaired) electrons. The van der Waals surface area contributed by atoms with Gasteiger partial charge in [0.15, 0.2) is 0 Å². The van der Waals surface area contributed by atoms with Gasteiger partial charge in [-0.1, -0.05) is 84.3 Å². The van der Waals surface area contributed by atoms with E-state index in [0.29, 0.717) is 27.8 Å². The van der Waals surface area contributed by atoms with Crippen LogP contribution in [0.1, 0.15) is 108 Å². The van der Waals surface area contributed by atoms with E-state index >= 15 is 0 Å². The summed E-state index contributed by atoms with van der Waals surface area (Å²) in [6.07, 6.45) is 2.83. The second-order valence-corrected chi connectivity index (χ2v) is 24.4. The van der Waals surface area contributed by atoms with Crippen molar-refractivity contribution >= 4 is 52.4 Å². The number of nitrogens with zero attached hydrogens (tertiary/aromatic N) is 7. The summed E-state index contributed by atoms with van der Waals surface area (Å²) >= 11 is 7.85. The molecule has 3 saturated heterocycles. The summed E-state index contributed by atoms with van der Waals surface area (Å²) in [5.41, 5.74) is 4.25. The van der Waals surface area contributed by atoms with Crippen molar-refractivity contribution in [2.75, 3.05) is 63.8 Å². The summed E-state index contributed by atoms with van der Waals surface area (Å²) in [5.74, 6) is 0.815. The number of aryl methyl sites for hydroxylation is 1. The summed E-state index contributed by atoms with van der Waals surface area (Å²) < 4.78 is 6.39. The summed E-state index contributed by atoms with van der Waals surface area (Å²) in [5, 5.41) is 29.7. The third kappa shape index (κ3) is 12.1. The maximum Gasteiger partial charge on any atom is 0.253 e. The zero-order valence-corrected chi connectivity index (χ0v) is 45.9. The van der Waals surface area contributed by atoms with Gasteiger partial charge >= 0.3 is 0 Å². The van der Waals surface area contributed by atoms with E-state index in [9.17, 15) is 29.5 Å². The van der Waals surface area contributed by atoms with Gasteiger partial charge in [-0.25, -0.2) is 9.97 Å². The molecule has 4 fully saturated rings. The number of anilines is 1. The molecule has 1 aliphatic carbocycles. The fourth-order valence-corrected chi connectivity index (χ4v) is 12.8. The monoisotopic (exact) mass is 1050 g/mol. The number of piperazine rings is 1. The number of nitriles is 1. The zero-order valence-electron chi connectivity index (χ0n) is 44.3. The highest BCUT2D eigenvalue weighted by Crippen LogP contribution is 2.55. The van der Waals surface area contributed by atoms with Gasteiger partial charge in [0, 0.05) is 81.4 Å². The minimum atomic E-state index is -0.896. The standard InChI is InChI=1S/C56H73ClN10O6S/c1-34(37-10-12-38(13-11-37)47-35(2)60-33-74-47)61-50(71)44-26-41(68)31-67(44)51(72)48(54(3,4)5)62-46(69)32-65-24-22-64(23-25-65)20-18-36-19-21-66(30-36)45-17-15-40(29-59-45)49(70)63-52-55(6,7)53(56(52,8)9)73-42-16-14-39(28-58)43(57)27-42/h10-17,27,29,33-34,36,41,44,48,52-53,68H,18-26,30-32H2,1-9H3,(H,61,71)(H,62,69)(H,63,70)/t34-,36?,41+,44?,48+,52?,53?/m0/s1. The molecule has 16 nitrogen and oxygen atoms in total. The Hall–Kier alpha value is -5.64. The lowest BCUT2D eigenvalue weighted by atomic mass is 9.49. The number of carbonyl (C=O) groups is 4. The number of β-amino-alcohol motifs (C(OH)–C–C–N with tert-alkyl or cyclic N) is 1. The molecule has 4 aromatic rings. The first kappa shape index (κ1) is 54.6. The van der Waals surface area contributed by atoms with Crippen molar-refractivity contribution in [3.05, 3.63) is 93.7 Å². The van der Waals surface area contributed by atoms with Gasteiger partial charge in [0.25, 0.3) is 5.91 Å². The number of hydrogen-bond donors (Lipinski definition) is 4. The SMILES string of the molecule is Cc1ncsc1-c1ccc([C@H](C)NC(=O)C2C[C@@H](O)CN2C(=O)[C@@H](NC(=O)CN2CCN(CCC3CCN(c4ccc(C(=O)NC5C(C)(C)C(Oc6ccc(C#N)c(Cl)c6)C5(C)C)cn4)C3)CC2)C(C)(C)C)cc1. The van der Waals surface area contributed by atoms with Gasteiger partial charge in [0.05, 0.1) is 50.9 Å². The van der Waals surface area contributed by atoms with Crippen LogP contribution in [0.25, 0.3) is 10.4 Å². The summed E-state index contributed by atoms with van der Waals surface area (Å²) in [6.45, 7) is 24.0. The molecule has 0 spiro atoms.